The maximum Gasteiger partial charge on any atom is 0.269 e. The quantitative estimate of drug-likeness (QED) is 0.0992. The lowest BCUT2D eigenvalue weighted by atomic mass is 9.82. The van der Waals surface area contributed by atoms with Gasteiger partial charge in [-0.2, -0.15) is 0 Å². The van der Waals surface area contributed by atoms with Crippen LogP contribution in [-0.4, -0.2) is 39.2 Å². The van der Waals surface area contributed by atoms with Gasteiger partial charge in [0.1, 0.15) is 11.5 Å². The molecule has 208 valence electrons. The lowest BCUT2D eigenvalue weighted by molar-refractivity contribution is -0.688. The van der Waals surface area contributed by atoms with Gasteiger partial charge in [0, 0.05) is 53.1 Å². The molecule has 1 heterocycles. The number of benzene rings is 3. The predicted molar refractivity (Wildman–Crippen MR) is 143 cm³/mol. The Morgan fingerprint density at radius 1 is 0.854 bits per heavy atom. The number of aryl methyl sites for hydroxylation is 1. The molecule has 3 N–H and O–H groups in total. The number of halogens is 1. The Bertz CT molecular complexity index is 1670. The molecular formula is C30H24BrN3O7. The standard InChI is InChI=1S/C30H23N3O7.BrH/c34-24-5-1-4-22-26(24)29(37)27-23(28(22)36)15-20(16-25(27)35)30(38)31-12-2-3-18-10-13-32(14-11-18)17-19-6-8-21(9-7-19)33(39)40;/h1,4-11,13-16H,2-3,12,17H2,(H2-,31,34,35,37,38);1H. The Morgan fingerprint density at radius 3 is 2.22 bits per heavy atom. The molecule has 1 aliphatic rings. The molecule has 1 amide bonds. The summed E-state index contributed by atoms with van der Waals surface area (Å²) in [5, 5.41) is 34.1. The number of fused-ring (bicyclic) bond motifs is 2. The predicted octanol–water partition coefficient (Wildman–Crippen LogP) is 0.484. The molecule has 0 atom stereocenters. The first kappa shape index (κ1) is 29.1. The normalized spacial score (nSPS) is 11.7. The molecule has 0 aliphatic heterocycles. The maximum atomic E-state index is 13.0. The summed E-state index contributed by atoms with van der Waals surface area (Å²) < 4.78 is 1.96. The summed E-state index contributed by atoms with van der Waals surface area (Å²) >= 11 is 0. The lowest BCUT2D eigenvalue weighted by Gasteiger charge is -2.20. The highest BCUT2D eigenvalue weighted by Gasteiger charge is 2.35. The highest BCUT2D eigenvalue weighted by molar-refractivity contribution is 6.30. The number of aromatic hydroxyl groups is 2. The van der Waals surface area contributed by atoms with E-state index in [2.05, 4.69) is 5.32 Å². The van der Waals surface area contributed by atoms with E-state index in [0.717, 1.165) is 17.2 Å². The number of pyridine rings is 1. The van der Waals surface area contributed by atoms with Gasteiger partial charge in [-0.05, 0) is 48.7 Å². The van der Waals surface area contributed by atoms with Gasteiger partial charge in [0.25, 0.3) is 11.6 Å². The smallest absolute Gasteiger partial charge is 0.269 e. The number of nitrogens with one attached hydrogen (secondary N) is 1. The van der Waals surface area contributed by atoms with Gasteiger partial charge in [-0.3, -0.25) is 24.5 Å². The third-order valence-electron chi connectivity index (χ3n) is 6.77. The number of nitrogens with zero attached hydrogens (tertiary/aromatic N) is 2. The van der Waals surface area contributed by atoms with Crippen LogP contribution in [0.15, 0.2) is 79.1 Å². The average Bonchev–Trinajstić information content (AvgIpc) is 2.94. The minimum atomic E-state index is -0.677. The second kappa shape index (κ2) is 12.1. The fourth-order valence-corrected chi connectivity index (χ4v) is 4.70. The van der Waals surface area contributed by atoms with E-state index in [1.54, 1.807) is 12.1 Å². The number of amides is 1. The van der Waals surface area contributed by atoms with E-state index in [0.29, 0.717) is 25.9 Å². The molecule has 1 aromatic heterocycles. The molecule has 0 spiro atoms. The Balaban J connectivity index is 0.00000387. The van der Waals surface area contributed by atoms with Gasteiger partial charge < -0.3 is 32.5 Å². The molecular weight excluding hydrogens is 594 g/mol. The summed E-state index contributed by atoms with van der Waals surface area (Å²) in [6.07, 6.45) is 5.17. The van der Waals surface area contributed by atoms with Crippen molar-refractivity contribution in [2.75, 3.05) is 6.54 Å². The van der Waals surface area contributed by atoms with E-state index >= 15 is 0 Å². The average molecular weight is 618 g/mol. The van der Waals surface area contributed by atoms with Crippen LogP contribution in [0.25, 0.3) is 0 Å². The van der Waals surface area contributed by atoms with Crippen LogP contribution in [-0.2, 0) is 13.0 Å². The van der Waals surface area contributed by atoms with E-state index in [4.69, 9.17) is 0 Å². The van der Waals surface area contributed by atoms with Crippen molar-refractivity contribution in [3.05, 3.63) is 128 Å². The number of rotatable bonds is 8. The number of nitro benzene ring substituents is 1. The van der Waals surface area contributed by atoms with Crippen molar-refractivity contribution in [3.63, 3.8) is 0 Å². The number of hydrogen-bond acceptors (Lipinski definition) is 7. The molecule has 41 heavy (non-hydrogen) atoms. The van der Waals surface area contributed by atoms with Crippen molar-refractivity contribution in [2.24, 2.45) is 0 Å². The number of ketones is 2. The zero-order chi connectivity index (χ0) is 28.4. The summed E-state index contributed by atoms with van der Waals surface area (Å²) in [7, 11) is 0. The van der Waals surface area contributed by atoms with Crippen molar-refractivity contribution in [2.45, 2.75) is 19.4 Å². The highest BCUT2D eigenvalue weighted by atomic mass is 79.9. The van der Waals surface area contributed by atoms with E-state index in [-0.39, 0.29) is 56.2 Å². The maximum absolute atomic E-state index is 13.0. The van der Waals surface area contributed by atoms with Crippen LogP contribution < -0.4 is 26.9 Å². The molecule has 0 bridgehead atoms. The van der Waals surface area contributed by atoms with Gasteiger partial charge in [0.05, 0.1) is 16.1 Å². The second-order valence-corrected chi connectivity index (χ2v) is 9.44. The second-order valence-electron chi connectivity index (χ2n) is 9.44. The highest BCUT2D eigenvalue weighted by Crippen LogP contribution is 2.37. The number of hydrogen-bond donors (Lipinski definition) is 3. The van der Waals surface area contributed by atoms with Gasteiger partial charge in [-0.25, -0.2) is 4.57 Å². The molecule has 5 rings (SSSR count). The molecule has 0 saturated carbocycles. The molecule has 0 saturated heterocycles. The van der Waals surface area contributed by atoms with Crippen molar-refractivity contribution in [1.29, 1.82) is 0 Å². The van der Waals surface area contributed by atoms with Crippen LogP contribution in [0.1, 0.15) is 59.7 Å². The van der Waals surface area contributed by atoms with Gasteiger partial charge in [0.15, 0.2) is 24.7 Å². The first-order valence-electron chi connectivity index (χ1n) is 12.5. The number of phenolic OH excluding ortho intramolecular Hbond substituents is 2. The molecule has 4 aromatic rings. The number of carbonyl (C=O) groups is 3. The fraction of sp³-hybridized carbons (Fsp3) is 0.133. The van der Waals surface area contributed by atoms with Crippen molar-refractivity contribution >= 4 is 23.2 Å². The number of aromatic nitrogens is 1. The Hall–Kier alpha value is -4.90. The van der Waals surface area contributed by atoms with Crippen LogP contribution >= 0.6 is 0 Å². The molecule has 0 radical (unpaired) electrons. The molecule has 0 unspecified atom stereocenters. The van der Waals surface area contributed by atoms with Crippen LogP contribution in [0.4, 0.5) is 5.69 Å². The van der Waals surface area contributed by atoms with E-state index < -0.39 is 28.1 Å². The van der Waals surface area contributed by atoms with Crippen LogP contribution in [0, 0.1) is 10.1 Å². The minimum absolute atomic E-state index is 0. The molecule has 10 nitrogen and oxygen atoms in total. The summed E-state index contributed by atoms with van der Waals surface area (Å²) in [4.78, 5) is 49.0. The number of non-ortho nitro benzene ring substituents is 1. The Kier molecular flexibility index (Phi) is 8.58. The summed E-state index contributed by atoms with van der Waals surface area (Å²) in [5.41, 5.74) is 1.64. The summed E-state index contributed by atoms with van der Waals surface area (Å²) in [5.74, 6) is -2.57. The SMILES string of the molecule is O=C(NCCCc1cc[n+](Cc2ccc([N+](=O)[O-])cc2)cc1)c1cc(O)c2c(c1)C(=O)c1cccc(O)c1C2=O.[Br-]. The van der Waals surface area contributed by atoms with Crippen molar-refractivity contribution in [3.8, 4) is 11.5 Å². The van der Waals surface area contributed by atoms with Crippen molar-refractivity contribution < 1.29 is 51.1 Å². The zero-order valence-electron chi connectivity index (χ0n) is 21.5. The van der Waals surface area contributed by atoms with Crippen molar-refractivity contribution in [1.82, 2.24) is 5.32 Å². The Morgan fingerprint density at radius 2 is 1.54 bits per heavy atom. The van der Waals surface area contributed by atoms with Gasteiger partial charge >= 0.3 is 0 Å². The summed E-state index contributed by atoms with van der Waals surface area (Å²) in [6.45, 7) is 0.917. The monoisotopic (exact) mass is 617 g/mol. The third-order valence-corrected chi connectivity index (χ3v) is 6.77. The van der Waals surface area contributed by atoms with Crippen LogP contribution in [0.2, 0.25) is 0 Å². The minimum Gasteiger partial charge on any atom is -1.00 e. The topological polar surface area (TPSA) is 151 Å². The third kappa shape index (κ3) is 5.99. The molecule has 0 fully saturated rings. The summed E-state index contributed by atoms with van der Waals surface area (Å²) in [6, 6.07) is 16.9. The van der Waals surface area contributed by atoms with Gasteiger partial charge in [-0.15, -0.1) is 0 Å². The van der Waals surface area contributed by atoms with E-state index in [1.165, 1.54) is 36.4 Å². The Labute approximate surface area is 244 Å². The zero-order valence-corrected chi connectivity index (χ0v) is 23.1. The first-order chi connectivity index (χ1) is 19.2. The molecule has 1 aliphatic carbocycles. The number of phenols is 2. The molecule has 11 heteroatoms. The molecule has 3 aromatic carbocycles. The number of nitro groups is 1. The lowest BCUT2D eigenvalue weighted by Crippen LogP contribution is -3.00. The fourth-order valence-electron chi connectivity index (χ4n) is 4.70. The van der Waals surface area contributed by atoms with Gasteiger partial charge in [-0.1, -0.05) is 12.1 Å². The first-order valence-corrected chi connectivity index (χ1v) is 12.5. The van der Waals surface area contributed by atoms with E-state index in [9.17, 15) is 34.7 Å². The van der Waals surface area contributed by atoms with Gasteiger partial charge in [0.2, 0.25) is 5.78 Å². The number of carbonyl (C=O) groups excluding carboxylic acids is 3. The van der Waals surface area contributed by atoms with Crippen LogP contribution in [0.3, 0.4) is 0 Å². The van der Waals surface area contributed by atoms with E-state index in [1.807, 2.05) is 29.1 Å². The largest absolute Gasteiger partial charge is 1.00 e. The van der Waals surface area contributed by atoms with Crippen LogP contribution in [0.5, 0.6) is 11.5 Å².